The van der Waals surface area contributed by atoms with Crippen LogP contribution in [0.25, 0.3) is 0 Å². The molecular weight excluding hydrogens is 452 g/mol. The third kappa shape index (κ3) is 6.37. The molecule has 0 aromatic heterocycles. The minimum atomic E-state index is -1.50. The summed E-state index contributed by atoms with van der Waals surface area (Å²) >= 11 is 0. The number of hydrogen-bond donors (Lipinski definition) is 4. The van der Waals surface area contributed by atoms with Gasteiger partial charge in [-0.25, -0.2) is 4.79 Å². The van der Waals surface area contributed by atoms with Crippen molar-refractivity contribution < 1.29 is 29.4 Å². The highest BCUT2D eigenvalue weighted by atomic mass is 16.4. The Balaban J connectivity index is 1.66. The maximum Gasteiger partial charge on any atom is 0.326 e. The molecule has 10 nitrogen and oxygen atoms in total. The summed E-state index contributed by atoms with van der Waals surface area (Å²) in [5, 5.41) is 22.6. The van der Waals surface area contributed by atoms with Crippen LogP contribution in [0.2, 0.25) is 0 Å². The Morgan fingerprint density at radius 2 is 1.69 bits per heavy atom. The van der Waals surface area contributed by atoms with Crippen molar-refractivity contribution in [2.45, 2.75) is 82.1 Å². The van der Waals surface area contributed by atoms with Crippen LogP contribution in [0, 0.1) is 0 Å². The van der Waals surface area contributed by atoms with E-state index in [1.807, 2.05) is 37.3 Å². The topological polar surface area (TPSA) is 153 Å². The third-order valence-corrected chi connectivity index (χ3v) is 6.82. The van der Waals surface area contributed by atoms with Gasteiger partial charge in [0.25, 0.3) is 5.91 Å². The van der Waals surface area contributed by atoms with Gasteiger partial charge < -0.3 is 31.1 Å². The minimum Gasteiger partial charge on any atom is -0.480 e. The molecule has 0 aliphatic carbocycles. The van der Waals surface area contributed by atoms with Crippen molar-refractivity contribution in [1.29, 1.82) is 0 Å². The van der Waals surface area contributed by atoms with Crippen LogP contribution in [0.4, 0.5) is 0 Å². The largest absolute Gasteiger partial charge is 0.480 e. The molecule has 35 heavy (non-hydrogen) atoms. The molecule has 5 atom stereocenters. The van der Waals surface area contributed by atoms with Gasteiger partial charge >= 0.3 is 5.97 Å². The first-order valence-electron chi connectivity index (χ1n) is 12.4. The van der Waals surface area contributed by atoms with Crippen LogP contribution >= 0.6 is 0 Å². The molecular formula is C25H36N4O6. The van der Waals surface area contributed by atoms with Crippen molar-refractivity contribution in [2.24, 2.45) is 5.73 Å². The van der Waals surface area contributed by atoms with Crippen molar-refractivity contribution in [1.82, 2.24) is 15.1 Å². The first kappa shape index (κ1) is 26.6. The predicted molar refractivity (Wildman–Crippen MR) is 128 cm³/mol. The fourth-order valence-corrected chi connectivity index (χ4v) is 4.96. The van der Waals surface area contributed by atoms with Crippen LogP contribution in [0.3, 0.4) is 0 Å². The molecule has 1 aromatic rings. The lowest BCUT2D eigenvalue weighted by atomic mass is 10.0. The number of nitrogens with zero attached hydrogens (tertiary/aromatic N) is 2. The second kappa shape index (κ2) is 12.1. The molecule has 3 rings (SSSR count). The number of aliphatic hydroxyl groups is 1. The number of carboxylic acid groups (broad SMARTS) is 1. The lowest BCUT2D eigenvalue weighted by Crippen LogP contribution is -2.57. The van der Waals surface area contributed by atoms with Gasteiger partial charge in [-0.05, 0) is 44.1 Å². The summed E-state index contributed by atoms with van der Waals surface area (Å²) in [6.45, 7) is 2.58. The average Bonchev–Trinajstić information content (AvgIpc) is 3.53. The van der Waals surface area contributed by atoms with Crippen LogP contribution in [0.15, 0.2) is 30.3 Å². The summed E-state index contributed by atoms with van der Waals surface area (Å²) in [7, 11) is 0. The summed E-state index contributed by atoms with van der Waals surface area (Å²) in [4.78, 5) is 53.7. The van der Waals surface area contributed by atoms with Crippen LogP contribution in [0.1, 0.15) is 51.0 Å². The first-order chi connectivity index (χ1) is 16.7. The van der Waals surface area contributed by atoms with E-state index in [0.717, 1.165) is 5.56 Å². The van der Waals surface area contributed by atoms with Crippen LogP contribution in [-0.2, 0) is 25.6 Å². The van der Waals surface area contributed by atoms with E-state index in [2.05, 4.69) is 5.32 Å². The van der Waals surface area contributed by atoms with Crippen molar-refractivity contribution in [3.63, 3.8) is 0 Å². The van der Waals surface area contributed by atoms with Gasteiger partial charge in [-0.1, -0.05) is 43.7 Å². The highest BCUT2D eigenvalue weighted by Crippen LogP contribution is 2.26. The Bertz CT molecular complexity index is 910. The molecule has 2 aliphatic heterocycles. The number of likely N-dealkylation sites (tertiary alicyclic amines) is 2. The van der Waals surface area contributed by atoms with Crippen molar-refractivity contribution in [3.05, 3.63) is 35.9 Å². The highest BCUT2D eigenvalue weighted by Gasteiger charge is 2.43. The summed E-state index contributed by atoms with van der Waals surface area (Å²) in [6.07, 6.45) is 1.81. The first-order valence-corrected chi connectivity index (χ1v) is 12.4. The molecule has 0 saturated carbocycles. The van der Waals surface area contributed by atoms with E-state index in [1.54, 1.807) is 0 Å². The molecule has 0 spiro atoms. The van der Waals surface area contributed by atoms with Gasteiger partial charge in [0.05, 0.1) is 0 Å². The number of nitrogens with two attached hydrogens (primary N) is 1. The number of aliphatic carboxylic acids is 1. The zero-order valence-corrected chi connectivity index (χ0v) is 20.1. The Morgan fingerprint density at radius 1 is 1.06 bits per heavy atom. The Kier molecular flexibility index (Phi) is 9.22. The predicted octanol–water partition coefficient (Wildman–Crippen LogP) is 0.269. The number of aliphatic hydroxyl groups excluding tert-OH is 1. The lowest BCUT2D eigenvalue weighted by molar-refractivity contribution is -0.152. The van der Waals surface area contributed by atoms with Crippen LogP contribution < -0.4 is 11.1 Å². The van der Waals surface area contributed by atoms with E-state index in [4.69, 9.17) is 5.73 Å². The summed E-state index contributed by atoms with van der Waals surface area (Å²) in [6, 6.07) is 5.89. The zero-order valence-electron chi connectivity index (χ0n) is 20.1. The monoisotopic (exact) mass is 488 g/mol. The number of carbonyl (C=O) groups is 4. The second-order valence-corrected chi connectivity index (χ2v) is 9.37. The molecule has 2 saturated heterocycles. The van der Waals surface area contributed by atoms with Gasteiger partial charge in [-0.2, -0.15) is 0 Å². The van der Waals surface area contributed by atoms with Gasteiger partial charge in [-0.3, -0.25) is 14.4 Å². The number of nitrogens with one attached hydrogen (secondary N) is 1. The molecule has 0 radical (unpaired) electrons. The molecule has 0 bridgehead atoms. The maximum absolute atomic E-state index is 13.4. The van der Waals surface area contributed by atoms with Crippen LogP contribution in [0.5, 0.6) is 0 Å². The number of benzene rings is 1. The Hall–Kier alpha value is -2.98. The van der Waals surface area contributed by atoms with Gasteiger partial charge in [-0.15, -0.1) is 0 Å². The number of amides is 3. The van der Waals surface area contributed by atoms with Crippen LogP contribution in [-0.4, -0.2) is 87.1 Å². The highest BCUT2D eigenvalue weighted by molar-refractivity contribution is 5.94. The number of rotatable bonds is 10. The summed E-state index contributed by atoms with van der Waals surface area (Å²) in [5.41, 5.74) is 6.95. The van der Waals surface area contributed by atoms with Gasteiger partial charge in [0.15, 0.2) is 0 Å². The van der Waals surface area contributed by atoms with Crippen molar-refractivity contribution in [2.75, 3.05) is 13.1 Å². The SMILES string of the molecule is CCCC(NC(=O)C(O)C(N)Cc1ccccc1)C(=O)N1CCCC1C(=O)N1CCCC1C(=O)O. The van der Waals surface area contributed by atoms with Gasteiger partial charge in [0.1, 0.15) is 24.2 Å². The zero-order chi connectivity index (χ0) is 25.5. The van der Waals surface area contributed by atoms with E-state index in [0.29, 0.717) is 58.0 Å². The van der Waals surface area contributed by atoms with Gasteiger partial charge in [0.2, 0.25) is 11.8 Å². The standard InChI is InChI=1S/C25H36N4O6/c1-2-8-18(27-22(31)21(30)17(26)15-16-9-4-3-5-10-16)23(32)28-13-6-11-19(28)24(33)29-14-7-12-20(29)25(34)35/h3-5,9-10,17-21,30H,2,6-8,11-15,26H2,1H3,(H,27,31)(H,34,35). The lowest BCUT2D eigenvalue weighted by Gasteiger charge is -2.32. The smallest absolute Gasteiger partial charge is 0.326 e. The molecule has 2 fully saturated rings. The molecule has 10 heteroatoms. The second-order valence-electron chi connectivity index (χ2n) is 9.37. The fourth-order valence-electron chi connectivity index (χ4n) is 4.96. The van der Waals surface area contributed by atoms with Crippen molar-refractivity contribution >= 4 is 23.7 Å². The van der Waals surface area contributed by atoms with Gasteiger partial charge in [0, 0.05) is 19.1 Å². The summed E-state index contributed by atoms with van der Waals surface area (Å²) < 4.78 is 0. The molecule has 1 aromatic carbocycles. The quantitative estimate of drug-likeness (QED) is 0.369. The third-order valence-electron chi connectivity index (χ3n) is 6.82. The number of carbonyl (C=O) groups excluding carboxylic acids is 3. The molecule has 2 aliphatic rings. The van der Waals surface area contributed by atoms with E-state index in [9.17, 15) is 29.4 Å². The normalized spacial score (nSPS) is 22.5. The molecule has 5 N–H and O–H groups in total. The minimum absolute atomic E-state index is 0.297. The summed E-state index contributed by atoms with van der Waals surface area (Å²) in [5.74, 6) is -2.52. The van der Waals surface area contributed by atoms with E-state index < -0.39 is 48.1 Å². The average molecular weight is 489 g/mol. The fraction of sp³-hybridized carbons (Fsp3) is 0.600. The maximum atomic E-state index is 13.4. The van der Waals surface area contributed by atoms with Crippen molar-refractivity contribution in [3.8, 4) is 0 Å². The van der Waals surface area contributed by atoms with E-state index in [-0.39, 0.29) is 5.91 Å². The molecule has 3 amide bonds. The van der Waals surface area contributed by atoms with E-state index in [1.165, 1.54) is 9.80 Å². The molecule has 192 valence electrons. The Morgan fingerprint density at radius 3 is 2.31 bits per heavy atom. The molecule has 2 heterocycles. The molecule has 5 unspecified atom stereocenters. The Labute approximate surface area is 205 Å². The van der Waals surface area contributed by atoms with E-state index >= 15 is 0 Å². The number of hydrogen-bond acceptors (Lipinski definition) is 6. The number of carboxylic acids is 1.